The third-order valence-electron chi connectivity index (χ3n) is 6.05. The summed E-state index contributed by atoms with van der Waals surface area (Å²) >= 11 is 0. The number of methoxy groups -OCH3 is 2. The highest BCUT2D eigenvalue weighted by Gasteiger charge is 2.28. The smallest absolute Gasteiger partial charge is 0.255 e. The fourth-order valence-electron chi connectivity index (χ4n) is 4.27. The van der Waals surface area contributed by atoms with Gasteiger partial charge >= 0.3 is 0 Å². The van der Waals surface area contributed by atoms with E-state index in [2.05, 4.69) is 4.57 Å². The van der Waals surface area contributed by atoms with Gasteiger partial charge < -0.3 is 23.8 Å². The van der Waals surface area contributed by atoms with Crippen LogP contribution in [0.15, 0.2) is 60.7 Å². The topological polar surface area (TPSA) is 64.0 Å². The first-order valence-corrected chi connectivity index (χ1v) is 11.0. The van der Waals surface area contributed by atoms with E-state index in [9.17, 15) is 9.59 Å². The quantitative estimate of drug-likeness (QED) is 0.581. The number of carbonyl (C=O) groups is 2. The fraction of sp³-hybridized carbons (Fsp3) is 0.308. The molecule has 1 aromatic heterocycles. The van der Waals surface area contributed by atoms with Crippen molar-refractivity contribution in [2.75, 3.05) is 47.0 Å². The Bertz CT molecular complexity index is 1130. The molecule has 1 aliphatic rings. The van der Waals surface area contributed by atoms with E-state index in [-0.39, 0.29) is 18.4 Å². The van der Waals surface area contributed by atoms with Crippen molar-refractivity contribution < 1.29 is 19.1 Å². The van der Waals surface area contributed by atoms with E-state index in [0.29, 0.717) is 31.7 Å². The third-order valence-corrected chi connectivity index (χ3v) is 6.05. The summed E-state index contributed by atoms with van der Waals surface area (Å²) in [4.78, 5) is 29.2. The van der Waals surface area contributed by atoms with E-state index in [1.54, 1.807) is 12.0 Å². The van der Waals surface area contributed by atoms with E-state index in [1.165, 1.54) is 7.11 Å². The first kappa shape index (κ1) is 22.6. The van der Waals surface area contributed by atoms with Crippen LogP contribution >= 0.6 is 0 Å². The van der Waals surface area contributed by atoms with Crippen LogP contribution in [-0.2, 0) is 9.53 Å². The number of hydrogen-bond acceptors (Lipinski definition) is 4. The lowest BCUT2D eigenvalue weighted by Crippen LogP contribution is -2.51. The zero-order chi connectivity index (χ0) is 23.4. The molecule has 0 aliphatic carbocycles. The molecule has 4 rings (SSSR count). The predicted octanol–water partition coefficient (Wildman–Crippen LogP) is 3.39. The number of benzene rings is 2. The Kier molecular flexibility index (Phi) is 6.79. The highest BCUT2D eigenvalue weighted by atomic mass is 16.5. The van der Waals surface area contributed by atoms with Crippen LogP contribution in [0.25, 0.3) is 16.9 Å². The number of rotatable bonds is 6. The molecule has 0 bridgehead atoms. The Morgan fingerprint density at radius 3 is 2.24 bits per heavy atom. The lowest BCUT2D eigenvalue weighted by atomic mass is 10.1. The maximum atomic E-state index is 13.5. The van der Waals surface area contributed by atoms with E-state index in [1.807, 2.05) is 72.5 Å². The third kappa shape index (κ3) is 4.64. The Labute approximate surface area is 194 Å². The Morgan fingerprint density at radius 2 is 1.58 bits per heavy atom. The molecule has 2 aromatic carbocycles. The molecule has 0 N–H and O–H groups in total. The van der Waals surface area contributed by atoms with Gasteiger partial charge in [-0.15, -0.1) is 0 Å². The van der Waals surface area contributed by atoms with Crippen molar-refractivity contribution in [1.29, 1.82) is 0 Å². The SMILES string of the molecule is COCC(=O)N1CCN(C(=O)c2cc(-c3ccccc3)n(-c3cccc(OC)c3)c2C)CC1. The van der Waals surface area contributed by atoms with Crippen molar-refractivity contribution in [2.45, 2.75) is 6.92 Å². The van der Waals surface area contributed by atoms with Gasteiger partial charge in [-0.1, -0.05) is 36.4 Å². The molecule has 1 aliphatic heterocycles. The monoisotopic (exact) mass is 447 g/mol. The summed E-state index contributed by atoms with van der Waals surface area (Å²) in [6.07, 6.45) is 0. The van der Waals surface area contributed by atoms with Gasteiger partial charge in [0, 0.05) is 50.7 Å². The van der Waals surface area contributed by atoms with Gasteiger partial charge in [0.25, 0.3) is 5.91 Å². The van der Waals surface area contributed by atoms with Crippen molar-refractivity contribution in [3.8, 4) is 22.7 Å². The summed E-state index contributed by atoms with van der Waals surface area (Å²) in [6, 6.07) is 19.8. The number of hydrogen-bond donors (Lipinski definition) is 0. The van der Waals surface area contributed by atoms with Crippen molar-refractivity contribution >= 4 is 11.8 Å². The second-order valence-corrected chi connectivity index (χ2v) is 8.04. The summed E-state index contributed by atoms with van der Waals surface area (Å²) in [5, 5.41) is 0. The highest BCUT2D eigenvalue weighted by Crippen LogP contribution is 2.31. The first-order valence-electron chi connectivity index (χ1n) is 11.0. The molecule has 1 saturated heterocycles. The van der Waals surface area contributed by atoms with Gasteiger partial charge in [-0.25, -0.2) is 0 Å². The normalized spacial score (nSPS) is 13.8. The van der Waals surface area contributed by atoms with E-state index in [0.717, 1.165) is 28.4 Å². The van der Waals surface area contributed by atoms with E-state index >= 15 is 0 Å². The van der Waals surface area contributed by atoms with Crippen LogP contribution in [0.1, 0.15) is 16.1 Å². The van der Waals surface area contributed by atoms with E-state index in [4.69, 9.17) is 9.47 Å². The number of amides is 2. The maximum absolute atomic E-state index is 13.5. The van der Waals surface area contributed by atoms with Crippen LogP contribution in [0.2, 0.25) is 0 Å². The summed E-state index contributed by atoms with van der Waals surface area (Å²) in [5.74, 6) is 0.686. The lowest BCUT2D eigenvalue weighted by Gasteiger charge is -2.34. The number of nitrogens with zero attached hydrogens (tertiary/aromatic N) is 3. The first-order chi connectivity index (χ1) is 16.0. The number of carbonyl (C=O) groups excluding carboxylic acids is 2. The van der Waals surface area contributed by atoms with Gasteiger partial charge in [0.1, 0.15) is 12.4 Å². The zero-order valence-electron chi connectivity index (χ0n) is 19.3. The molecule has 7 nitrogen and oxygen atoms in total. The number of piperazine rings is 1. The largest absolute Gasteiger partial charge is 0.497 e. The fourth-order valence-corrected chi connectivity index (χ4v) is 4.27. The van der Waals surface area contributed by atoms with Crippen molar-refractivity contribution in [3.05, 3.63) is 71.9 Å². The predicted molar refractivity (Wildman–Crippen MR) is 127 cm³/mol. The molecule has 0 unspecified atom stereocenters. The maximum Gasteiger partial charge on any atom is 0.255 e. The summed E-state index contributed by atoms with van der Waals surface area (Å²) in [6.45, 7) is 4.05. The number of aromatic nitrogens is 1. The highest BCUT2D eigenvalue weighted by molar-refractivity contribution is 5.97. The van der Waals surface area contributed by atoms with Crippen LogP contribution in [0.3, 0.4) is 0 Å². The molecular weight excluding hydrogens is 418 g/mol. The number of ether oxygens (including phenoxy) is 2. The molecule has 2 heterocycles. The summed E-state index contributed by atoms with van der Waals surface area (Å²) in [7, 11) is 3.16. The minimum absolute atomic E-state index is 0.0230. The van der Waals surface area contributed by atoms with Crippen molar-refractivity contribution in [1.82, 2.24) is 14.4 Å². The Balaban J connectivity index is 1.68. The molecule has 33 heavy (non-hydrogen) atoms. The van der Waals surface area contributed by atoms with Gasteiger partial charge in [-0.05, 0) is 30.7 Å². The average molecular weight is 448 g/mol. The molecular formula is C26H29N3O4. The zero-order valence-corrected chi connectivity index (χ0v) is 19.3. The molecule has 0 atom stereocenters. The molecule has 0 radical (unpaired) electrons. The van der Waals surface area contributed by atoms with Crippen LogP contribution in [0.4, 0.5) is 0 Å². The van der Waals surface area contributed by atoms with Gasteiger partial charge in [-0.3, -0.25) is 9.59 Å². The molecule has 0 spiro atoms. The van der Waals surface area contributed by atoms with Crippen LogP contribution in [-0.4, -0.2) is 73.2 Å². The van der Waals surface area contributed by atoms with Gasteiger partial charge in [0.15, 0.2) is 0 Å². The minimum atomic E-state index is -0.0451. The lowest BCUT2D eigenvalue weighted by molar-refractivity contribution is -0.136. The van der Waals surface area contributed by atoms with Crippen LogP contribution in [0.5, 0.6) is 5.75 Å². The van der Waals surface area contributed by atoms with Crippen molar-refractivity contribution in [2.24, 2.45) is 0 Å². The molecule has 0 saturated carbocycles. The van der Waals surface area contributed by atoms with Gasteiger partial charge in [0.05, 0.1) is 18.4 Å². The average Bonchev–Trinajstić information content (AvgIpc) is 3.21. The molecule has 7 heteroatoms. The summed E-state index contributed by atoms with van der Waals surface area (Å²) in [5.41, 5.74) is 4.43. The second kappa shape index (κ2) is 9.92. The van der Waals surface area contributed by atoms with Gasteiger partial charge in [0.2, 0.25) is 5.91 Å². The van der Waals surface area contributed by atoms with E-state index < -0.39 is 0 Å². The summed E-state index contributed by atoms with van der Waals surface area (Å²) < 4.78 is 12.5. The molecule has 172 valence electrons. The molecule has 3 aromatic rings. The second-order valence-electron chi connectivity index (χ2n) is 8.04. The molecule has 1 fully saturated rings. The molecule has 2 amide bonds. The Morgan fingerprint density at radius 1 is 0.879 bits per heavy atom. The Hall–Kier alpha value is -3.58. The minimum Gasteiger partial charge on any atom is -0.497 e. The standard InChI is InChI=1S/C26H29N3O4/c1-19-23(26(31)28-14-12-27(13-15-28)25(30)18-32-2)17-24(20-8-5-4-6-9-20)29(19)21-10-7-11-22(16-21)33-3/h4-11,16-17H,12-15,18H2,1-3H3. The van der Waals surface area contributed by atoms with Crippen molar-refractivity contribution in [3.63, 3.8) is 0 Å². The van der Waals surface area contributed by atoms with Gasteiger partial charge in [-0.2, -0.15) is 0 Å². The van der Waals surface area contributed by atoms with Crippen LogP contribution in [0, 0.1) is 6.92 Å². The van der Waals surface area contributed by atoms with Crippen LogP contribution < -0.4 is 4.74 Å².